The van der Waals surface area contributed by atoms with E-state index in [9.17, 15) is 0 Å². The Morgan fingerprint density at radius 1 is 1.19 bits per heavy atom. The molecule has 0 aromatic carbocycles. The fourth-order valence-corrected chi connectivity index (χ4v) is 3.28. The summed E-state index contributed by atoms with van der Waals surface area (Å²) >= 11 is 0. The van der Waals surface area contributed by atoms with Crippen LogP contribution in [0.2, 0.25) is 0 Å². The number of hydrogen-bond acceptors (Lipinski definition) is 4. The van der Waals surface area contributed by atoms with E-state index >= 15 is 0 Å². The van der Waals surface area contributed by atoms with Gasteiger partial charge in [0, 0.05) is 6.04 Å². The molecular formula is C17H29N3O. The summed E-state index contributed by atoms with van der Waals surface area (Å²) in [5.74, 6) is 2.48. The normalized spacial score (nSPS) is 22.9. The first kappa shape index (κ1) is 16.1. The van der Waals surface area contributed by atoms with Crippen molar-refractivity contribution in [3.63, 3.8) is 0 Å². The lowest BCUT2D eigenvalue weighted by atomic mass is 9.71. The number of aryl methyl sites for hydroxylation is 1. The van der Waals surface area contributed by atoms with Gasteiger partial charge in [0.25, 0.3) is 0 Å². The Balaban J connectivity index is 2.01. The molecule has 21 heavy (non-hydrogen) atoms. The van der Waals surface area contributed by atoms with E-state index in [4.69, 9.17) is 4.74 Å². The summed E-state index contributed by atoms with van der Waals surface area (Å²) in [7, 11) is 1.69. The maximum absolute atomic E-state index is 5.50. The Morgan fingerprint density at radius 3 is 2.38 bits per heavy atom. The quantitative estimate of drug-likeness (QED) is 0.908. The van der Waals surface area contributed by atoms with E-state index in [2.05, 4.69) is 43.0 Å². The predicted octanol–water partition coefficient (Wildman–Crippen LogP) is 4.06. The standard InChI is InChI=1S/C17H29N3O/c1-6-14-15(21-5)16(19-11-18-14)20-13-9-7-12(8-10-13)17(2,3)4/h11-13H,6-10H2,1-5H3,(H,18,19,20). The second-order valence-corrected chi connectivity index (χ2v) is 7.11. The van der Waals surface area contributed by atoms with Crippen molar-refractivity contribution >= 4 is 5.82 Å². The molecule has 1 aliphatic carbocycles. The Kier molecular flexibility index (Phi) is 5.07. The zero-order chi connectivity index (χ0) is 15.5. The van der Waals surface area contributed by atoms with Gasteiger partial charge in [0.1, 0.15) is 6.33 Å². The van der Waals surface area contributed by atoms with Crippen LogP contribution in [0.3, 0.4) is 0 Å². The summed E-state index contributed by atoms with van der Waals surface area (Å²) in [5, 5.41) is 3.57. The van der Waals surface area contributed by atoms with Crippen LogP contribution in [0, 0.1) is 11.3 Å². The van der Waals surface area contributed by atoms with Gasteiger partial charge in [-0.1, -0.05) is 27.7 Å². The topological polar surface area (TPSA) is 47.0 Å². The Morgan fingerprint density at radius 2 is 1.86 bits per heavy atom. The Labute approximate surface area is 128 Å². The third kappa shape index (κ3) is 3.86. The molecule has 1 saturated carbocycles. The molecule has 1 aromatic heterocycles. The zero-order valence-corrected chi connectivity index (χ0v) is 14.1. The highest BCUT2D eigenvalue weighted by Crippen LogP contribution is 2.39. The lowest BCUT2D eigenvalue weighted by Gasteiger charge is -2.37. The smallest absolute Gasteiger partial charge is 0.182 e. The number of anilines is 1. The fourth-order valence-electron chi connectivity index (χ4n) is 3.28. The second-order valence-electron chi connectivity index (χ2n) is 7.11. The van der Waals surface area contributed by atoms with E-state index in [1.54, 1.807) is 13.4 Å². The van der Waals surface area contributed by atoms with Crippen LogP contribution in [0.25, 0.3) is 0 Å². The first-order chi connectivity index (χ1) is 9.95. The third-order valence-corrected chi connectivity index (χ3v) is 4.71. The van der Waals surface area contributed by atoms with Crippen molar-refractivity contribution in [1.29, 1.82) is 0 Å². The molecule has 1 fully saturated rings. The van der Waals surface area contributed by atoms with Crippen LogP contribution in [0.5, 0.6) is 5.75 Å². The number of nitrogens with one attached hydrogen (secondary N) is 1. The molecule has 4 nitrogen and oxygen atoms in total. The highest BCUT2D eigenvalue weighted by molar-refractivity contribution is 5.52. The molecule has 118 valence electrons. The van der Waals surface area contributed by atoms with Crippen LogP contribution in [-0.4, -0.2) is 23.1 Å². The van der Waals surface area contributed by atoms with Gasteiger partial charge in [-0.2, -0.15) is 0 Å². The second kappa shape index (κ2) is 6.63. The molecule has 0 unspecified atom stereocenters. The average Bonchev–Trinajstić information content (AvgIpc) is 2.46. The van der Waals surface area contributed by atoms with Gasteiger partial charge in [0.2, 0.25) is 0 Å². The molecule has 4 heteroatoms. The summed E-state index contributed by atoms with van der Waals surface area (Å²) in [4.78, 5) is 8.66. The van der Waals surface area contributed by atoms with Crippen molar-refractivity contribution in [1.82, 2.24) is 9.97 Å². The molecule has 0 aliphatic heterocycles. The lowest BCUT2D eigenvalue weighted by Crippen LogP contribution is -2.32. The summed E-state index contributed by atoms with van der Waals surface area (Å²) in [6.07, 6.45) is 7.47. The van der Waals surface area contributed by atoms with Gasteiger partial charge in [-0.15, -0.1) is 0 Å². The molecule has 0 bridgehead atoms. The number of ether oxygens (including phenoxy) is 1. The number of hydrogen-bond donors (Lipinski definition) is 1. The molecule has 0 amide bonds. The van der Waals surface area contributed by atoms with Crippen LogP contribution in [0.15, 0.2) is 6.33 Å². The minimum absolute atomic E-state index is 0.424. The van der Waals surface area contributed by atoms with Gasteiger partial charge in [-0.05, 0) is 43.4 Å². The van der Waals surface area contributed by atoms with E-state index in [0.717, 1.165) is 29.6 Å². The monoisotopic (exact) mass is 291 g/mol. The fraction of sp³-hybridized carbons (Fsp3) is 0.765. The molecule has 1 aliphatic rings. The summed E-state index contributed by atoms with van der Waals surface area (Å²) in [6.45, 7) is 9.15. The number of aromatic nitrogens is 2. The van der Waals surface area contributed by atoms with Crippen molar-refractivity contribution in [3.8, 4) is 5.75 Å². The van der Waals surface area contributed by atoms with Crippen LogP contribution in [0.1, 0.15) is 59.1 Å². The summed E-state index contributed by atoms with van der Waals surface area (Å²) in [5.41, 5.74) is 1.39. The van der Waals surface area contributed by atoms with Crippen molar-refractivity contribution in [3.05, 3.63) is 12.0 Å². The minimum atomic E-state index is 0.424. The molecule has 0 spiro atoms. The molecule has 0 atom stereocenters. The summed E-state index contributed by atoms with van der Waals surface area (Å²) in [6, 6.07) is 0.497. The van der Waals surface area contributed by atoms with Gasteiger partial charge in [0.15, 0.2) is 11.6 Å². The highest BCUT2D eigenvalue weighted by atomic mass is 16.5. The van der Waals surface area contributed by atoms with Gasteiger partial charge in [0.05, 0.1) is 12.8 Å². The Hall–Kier alpha value is -1.32. The molecule has 1 heterocycles. The summed E-state index contributed by atoms with van der Waals surface area (Å²) < 4.78 is 5.50. The van der Waals surface area contributed by atoms with Crippen molar-refractivity contribution in [2.45, 2.75) is 65.8 Å². The molecular weight excluding hydrogens is 262 g/mol. The van der Waals surface area contributed by atoms with Crippen LogP contribution in [0.4, 0.5) is 5.82 Å². The van der Waals surface area contributed by atoms with Gasteiger partial charge >= 0.3 is 0 Å². The maximum Gasteiger partial charge on any atom is 0.182 e. The van der Waals surface area contributed by atoms with E-state index in [-0.39, 0.29) is 0 Å². The largest absolute Gasteiger partial charge is 0.491 e. The first-order valence-electron chi connectivity index (χ1n) is 8.10. The van der Waals surface area contributed by atoms with Crippen molar-refractivity contribution < 1.29 is 4.74 Å². The molecule has 0 saturated heterocycles. The predicted molar refractivity (Wildman–Crippen MR) is 86.8 cm³/mol. The number of nitrogens with zero attached hydrogens (tertiary/aromatic N) is 2. The van der Waals surface area contributed by atoms with Crippen LogP contribution < -0.4 is 10.1 Å². The molecule has 0 radical (unpaired) electrons. The molecule has 1 N–H and O–H groups in total. The minimum Gasteiger partial charge on any atom is -0.491 e. The van der Waals surface area contributed by atoms with Gasteiger partial charge in [-0.25, -0.2) is 9.97 Å². The molecule has 2 rings (SSSR count). The number of rotatable bonds is 4. The molecule has 1 aromatic rings. The third-order valence-electron chi connectivity index (χ3n) is 4.71. The van der Waals surface area contributed by atoms with Crippen molar-refractivity contribution in [2.24, 2.45) is 11.3 Å². The maximum atomic E-state index is 5.50. The van der Waals surface area contributed by atoms with Crippen LogP contribution >= 0.6 is 0 Å². The SMILES string of the molecule is CCc1ncnc(NC2CCC(C(C)(C)C)CC2)c1OC. The van der Waals surface area contributed by atoms with E-state index in [1.165, 1.54) is 25.7 Å². The highest BCUT2D eigenvalue weighted by Gasteiger charge is 2.30. The van der Waals surface area contributed by atoms with Crippen LogP contribution in [-0.2, 0) is 6.42 Å². The average molecular weight is 291 g/mol. The van der Waals surface area contributed by atoms with Crippen molar-refractivity contribution in [2.75, 3.05) is 12.4 Å². The van der Waals surface area contributed by atoms with Gasteiger partial charge < -0.3 is 10.1 Å². The van der Waals surface area contributed by atoms with E-state index in [0.29, 0.717) is 11.5 Å². The number of methoxy groups -OCH3 is 1. The zero-order valence-electron chi connectivity index (χ0n) is 14.1. The Bertz CT molecular complexity index is 460. The van der Waals surface area contributed by atoms with E-state index in [1.807, 2.05) is 0 Å². The van der Waals surface area contributed by atoms with E-state index < -0.39 is 0 Å². The van der Waals surface area contributed by atoms with Gasteiger partial charge in [-0.3, -0.25) is 0 Å². The lowest BCUT2D eigenvalue weighted by molar-refractivity contribution is 0.173. The first-order valence-corrected chi connectivity index (χ1v) is 8.10.